The SMILES string of the molecule is Cc1ccccc1NP(=O)(Nc1ccccc1C)N(C)C.O. The molecule has 0 fully saturated rings. The zero-order valence-corrected chi connectivity index (χ0v) is 14.3. The predicted molar refractivity (Wildman–Crippen MR) is 94.5 cm³/mol. The first-order chi connectivity index (χ1) is 9.92. The molecule has 6 heteroatoms. The smallest absolute Gasteiger partial charge is 0.330 e. The van der Waals surface area contributed by atoms with Gasteiger partial charge in [0.1, 0.15) is 0 Å². The molecule has 0 aliphatic carbocycles. The lowest BCUT2D eigenvalue weighted by atomic mass is 10.2. The molecule has 0 aliphatic heterocycles. The lowest BCUT2D eigenvalue weighted by Gasteiger charge is -2.29. The molecule has 2 aromatic rings. The van der Waals surface area contributed by atoms with Crippen LogP contribution in [0, 0.1) is 13.8 Å². The van der Waals surface area contributed by atoms with Crippen LogP contribution in [-0.2, 0) is 4.57 Å². The summed E-state index contributed by atoms with van der Waals surface area (Å²) < 4.78 is 15.0. The molecule has 120 valence electrons. The van der Waals surface area contributed by atoms with Crippen molar-refractivity contribution >= 4 is 19.0 Å². The fourth-order valence-electron chi connectivity index (χ4n) is 1.95. The van der Waals surface area contributed by atoms with E-state index in [0.29, 0.717) is 0 Å². The maximum atomic E-state index is 13.3. The second-order valence-corrected chi connectivity index (χ2v) is 7.68. The normalized spacial score (nSPS) is 11.0. The number of benzene rings is 2. The minimum atomic E-state index is -2.96. The molecule has 2 rings (SSSR count). The van der Waals surface area contributed by atoms with Gasteiger partial charge in [-0.2, -0.15) is 0 Å². The highest BCUT2D eigenvalue weighted by molar-refractivity contribution is 7.64. The summed E-state index contributed by atoms with van der Waals surface area (Å²) in [6.45, 7) is 3.99. The largest absolute Gasteiger partial charge is 0.412 e. The number of rotatable bonds is 5. The van der Waals surface area contributed by atoms with Gasteiger partial charge in [0, 0.05) is 11.4 Å². The second kappa shape index (κ2) is 7.45. The minimum absolute atomic E-state index is 0. The van der Waals surface area contributed by atoms with Crippen molar-refractivity contribution in [2.45, 2.75) is 13.8 Å². The first-order valence-corrected chi connectivity index (χ1v) is 8.54. The van der Waals surface area contributed by atoms with Gasteiger partial charge in [0.15, 0.2) is 0 Å². The minimum Gasteiger partial charge on any atom is -0.412 e. The van der Waals surface area contributed by atoms with Gasteiger partial charge in [-0.25, -0.2) is 4.67 Å². The fraction of sp³-hybridized carbons (Fsp3) is 0.250. The molecule has 0 heterocycles. The van der Waals surface area contributed by atoms with Crippen molar-refractivity contribution in [1.82, 2.24) is 4.67 Å². The van der Waals surface area contributed by atoms with Crippen molar-refractivity contribution in [3.05, 3.63) is 59.7 Å². The third-order valence-electron chi connectivity index (χ3n) is 3.40. The number of hydrogen-bond donors (Lipinski definition) is 2. The van der Waals surface area contributed by atoms with E-state index in [4.69, 9.17) is 0 Å². The molecule has 0 saturated heterocycles. The van der Waals surface area contributed by atoms with Gasteiger partial charge in [0.2, 0.25) is 0 Å². The highest BCUT2D eigenvalue weighted by Crippen LogP contribution is 2.48. The number of nitrogens with zero attached hydrogens (tertiary/aromatic N) is 1. The Balaban J connectivity index is 0.00000242. The summed E-state index contributed by atoms with van der Waals surface area (Å²) in [5.41, 5.74) is 3.86. The van der Waals surface area contributed by atoms with E-state index in [9.17, 15) is 4.57 Å². The first-order valence-electron chi connectivity index (χ1n) is 6.88. The molecule has 0 aromatic heterocycles. The van der Waals surface area contributed by atoms with Gasteiger partial charge in [0.05, 0.1) is 0 Å². The van der Waals surface area contributed by atoms with Crippen LogP contribution in [0.1, 0.15) is 11.1 Å². The maximum Gasteiger partial charge on any atom is 0.330 e. The standard InChI is InChI=1S/C16H22N3OP.H2O/c1-13-9-5-7-11-15(13)17-21(20,19(3)4)18-16-12-8-6-10-14(16)2;/h5-12H,1-4H3,(H2,17,18,20);1H2. The predicted octanol–water partition coefficient (Wildman–Crippen LogP) is 3.67. The summed E-state index contributed by atoms with van der Waals surface area (Å²) in [7, 11) is 0.650. The molecule has 0 unspecified atom stereocenters. The zero-order chi connectivity index (χ0) is 15.5. The van der Waals surface area contributed by atoms with E-state index in [1.54, 1.807) is 18.8 Å². The van der Waals surface area contributed by atoms with Crippen LogP contribution < -0.4 is 10.2 Å². The van der Waals surface area contributed by atoms with Crippen molar-refractivity contribution < 1.29 is 10.0 Å². The highest BCUT2D eigenvalue weighted by atomic mass is 31.2. The molecule has 0 bridgehead atoms. The van der Waals surface area contributed by atoms with E-state index in [2.05, 4.69) is 10.2 Å². The summed E-state index contributed by atoms with van der Waals surface area (Å²) in [6.07, 6.45) is 0. The van der Waals surface area contributed by atoms with Gasteiger partial charge < -0.3 is 15.7 Å². The van der Waals surface area contributed by atoms with E-state index in [0.717, 1.165) is 22.5 Å². The summed E-state index contributed by atoms with van der Waals surface area (Å²) >= 11 is 0. The Morgan fingerprint density at radius 2 is 1.18 bits per heavy atom. The van der Waals surface area contributed by atoms with Crippen molar-refractivity contribution in [1.29, 1.82) is 0 Å². The quantitative estimate of drug-likeness (QED) is 0.824. The van der Waals surface area contributed by atoms with Gasteiger partial charge in [-0.15, -0.1) is 0 Å². The molecule has 0 radical (unpaired) electrons. The molecule has 4 N–H and O–H groups in total. The van der Waals surface area contributed by atoms with Gasteiger partial charge in [0.25, 0.3) is 0 Å². The fourth-order valence-corrected chi connectivity index (χ4v) is 3.56. The first kappa shape index (κ1) is 18.2. The van der Waals surface area contributed by atoms with Crippen LogP contribution in [0.3, 0.4) is 0 Å². The van der Waals surface area contributed by atoms with E-state index in [-0.39, 0.29) is 5.48 Å². The molecule has 2 aromatic carbocycles. The van der Waals surface area contributed by atoms with Crippen molar-refractivity contribution in [2.24, 2.45) is 0 Å². The van der Waals surface area contributed by atoms with Gasteiger partial charge in [-0.05, 0) is 51.2 Å². The third kappa shape index (κ3) is 4.10. The van der Waals surface area contributed by atoms with Gasteiger partial charge in [-0.1, -0.05) is 36.4 Å². The van der Waals surface area contributed by atoms with Crippen LogP contribution in [0.5, 0.6) is 0 Å². The van der Waals surface area contributed by atoms with E-state index in [1.807, 2.05) is 62.4 Å². The van der Waals surface area contributed by atoms with Crippen LogP contribution in [0.15, 0.2) is 48.5 Å². The molecular formula is C16H24N3O2P. The number of para-hydroxylation sites is 2. The average molecular weight is 321 g/mol. The average Bonchev–Trinajstić information content (AvgIpc) is 2.44. The van der Waals surface area contributed by atoms with Crippen molar-refractivity contribution in [3.8, 4) is 0 Å². The van der Waals surface area contributed by atoms with Crippen molar-refractivity contribution in [2.75, 3.05) is 24.3 Å². The van der Waals surface area contributed by atoms with Crippen LogP contribution >= 0.6 is 7.59 Å². The summed E-state index contributed by atoms with van der Waals surface area (Å²) in [4.78, 5) is 0. The molecule has 5 nitrogen and oxygen atoms in total. The lowest BCUT2D eigenvalue weighted by molar-refractivity contribution is 0.524. The third-order valence-corrected chi connectivity index (χ3v) is 5.61. The van der Waals surface area contributed by atoms with E-state index < -0.39 is 7.59 Å². The summed E-state index contributed by atoms with van der Waals surface area (Å²) in [5, 5.41) is 6.34. The molecule has 0 saturated carbocycles. The van der Waals surface area contributed by atoms with Crippen LogP contribution in [0.2, 0.25) is 0 Å². The number of anilines is 2. The lowest BCUT2D eigenvalue weighted by Crippen LogP contribution is -2.21. The van der Waals surface area contributed by atoms with Crippen LogP contribution in [0.4, 0.5) is 11.4 Å². The van der Waals surface area contributed by atoms with Gasteiger partial charge in [-0.3, -0.25) is 4.57 Å². The summed E-state index contributed by atoms with van der Waals surface area (Å²) in [5.74, 6) is 0. The number of hydrogen-bond acceptors (Lipinski definition) is 1. The zero-order valence-electron chi connectivity index (χ0n) is 13.4. The Hall–Kier alpha value is -1.81. The monoisotopic (exact) mass is 321 g/mol. The Morgan fingerprint density at radius 1 is 0.818 bits per heavy atom. The van der Waals surface area contributed by atoms with Gasteiger partial charge >= 0.3 is 7.59 Å². The maximum absolute atomic E-state index is 13.3. The molecule has 0 spiro atoms. The topological polar surface area (TPSA) is 75.9 Å². The van der Waals surface area contributed by atoms with Crippen LogP contribution in [-0.4, -0.2) is 24.2 Å². The number of aryl methyl sites for hydroxylation is 2. The second-order valence-electron chi connectivity index (χ2n) is 5.28. The van der Waals surface area contributed by atoms with E-state index in [1.165, 1.54) is 0 Å². The molecule has 0 atom stereocenters. The van der Waals surface area contributed by atoms with Crippen LogP contribution in [0.25, 0.3) is 0 Å². The molecular weight excluding hydrogens is 297 g/mol. The highest BCUT2D eigenvalue weighted by Gasteiger charge is 2.26. The Morgan fingerprint density at radius 3 is 1.50 bits per heavy atom. The Labute approximate surface area is 132 Å². The molecule has 0 amide bonds. The molecule has 0 aliphatic rings. The number of nitrogens with one attached hydrogen (secondary N) is 2. The molecule has 22 heavy (non-hydrogen) atoms. The Bertz CT molecular complexity index is 622. The summed E-state index contributed by atoms with van der Waals surface area (Å²) in [6, 6.07) is 15.7. The Kier molecular flexibility index (Phi) is 6.18. The van der Waals surface area contributed by atoms with Crippen molar-refractivity contribution in [3.63, 3.8) is 0 Å². The van der Waals surface area contributed by atoms with E-state index >= 15 is 0 Å².